The molecule has 0 saturated heterocycles. The maximum atomic E-state index is 11.8. The van der Waals surface area contributed by atoms with Gasteiger partial charge in [0.25, 0.3) is 5.56 Å². The van der Waals surface area contributed by atoms with Crippen LogP contribution in [0.4, 0.5) is 0 Å². The van der Waals surface area contributed by atoms with Crippen molar-refractivity contribution in [1.82, 2.24) is 14.5 Å². The van der Waals surface area contributed by atoms with Crippen molar-refractivity contribution in [2.75, 3.05) is 12.0 Å². The number of rotatable bonds is 4. The summed E-state index contributed by atoms with van der Waals surface area (Å²) in [6, 6.07) is 2.96. The van der Waals surface area contributed by atoms with Gasteiger partial charge in [0.15, 0.2) is 5.16 Å². The first-order valence-electron chi connectivity index (χ1n) is 5.23. The van der Waals surface area contributed by atoms with Gasteiger partial charge in [0, 0.05) is 34.9 Å². The zero-order chi connectivity index (χ0) is 14.0. The van der Waals surface area contributed by atoms with E-state index < -0.39 is 9.05 Å². The standard InChI is InChI=1S/C10H10ClN3O3S2/c1-18-10-12-6-7-2-3-8(15)14(9(7)13-10)4-5-19(11,16)17/h2-3,6H,4-5H2,1H3. The highest BCUT2D eigenvalue weighted by Crippen LogP contribution is 2.14. The first-order chi connectivity index (χ1) is 8.90. The molecule has 102 valence electrons. The predicted octanol–water partition coefficient (Wildman–Crippen LogP) is 1.08. The minimum Gasteiger partial charge on any atom is -0.292 e. The average Bonchev–Trinajstić information content (AvgIpc) is 2.35. The van der Waals surface area contributed by atoms with E-state index in [9.17, 15) is 13.2 Å². The molecule has 0 bridgehead atoms. The Labute approximate surface area is 118 Å². The van der Waals surface area contributed by atoms with Crippen molar-refractivity contribution in [3.8, 4) is 0 Å². The third-order valence-corrected chi connectivity index (χ3v) is 4.14. The molecule has 0 aliphatic heterocycles. The van der Waals surface area contributed by atoms with E-state index in [1.165, 1.54) is 22.4 Å². The second kappa shape index (κ2) is 5.48. The second-order valence-corrected chi connectivity index (χ2v) is 7.37. The van der Waals surface area contributed by atoms with Crippen molar-refractivity contribution < 1.29 is 8.42 Å². The summed E-state index contributed by atoms with van der Waals surface area (Å²) in [6.45, 7) is -0.0349. The molecule has 0 saturated carbocycles. The van der Waals surface area contributed by atoms with E-state index in [1.807, 2.05) is 6.26 Å². The van der Waals surface area contributed by atoms with Gasteiger partial charge in [0.2, 0.25) is 9.05 Å². The second-order valence-electron chi connectivity index (χ2n) is 3.70. The van der Waals surface area contributed by atoms with Crippen LogP contribution in [0.2, 0.25) is 0 Å². The van der Waals surface area contributed by atoms with Gasteiger partial charge in [-0.3, -0.25) is 9.36 Å². The number of hydrogen-bond donors (Lipinski definition) is 0. The molecule has 0 aliphatic carbocycles. The number of halogens is 1. The molecule has 9 heteroatoms. The Hall–Kier alpha value is -1.12. The molecule has 2 aromatic heterocycles. The van der Waals surface area contributed by atoms with Gasteiger partial charge in [-0.25, -0.2) is 18.4 Å². The first kappa shape index (κ1) is 14.3. The smallest absolute Gasteiger partial charge is 0.252 e. The topological polar surface area (TPSA) is 81.9 Å². The Morgan fingerprint density at radius 1 is 1.42 bits per heavy atom. The number of thioether (sulfide) groups is 1. The van der Waals surface area contributed by atoms with Crippen LogP contribution in [-0.4, -0.2) is 35.0 Å². The third kappa shape index (κ3) is 3.46. The summed E-state index contributed by atoms with van der Waals surface area (Å²) in [6.07, 6.45) is 3.41. The fourth-order valence-electron chi connectivity index (χ4n) is 1.57. The van der Waals surface area contributed by atoms with E-state index >= 15 is 0 Å². The van der Waals surface area contributed by atoms with Crippen molar-refractivity contribution in [1.29, 1.82) is 0 Å². The van der Waals surface area contributed by atoms with Gasteiger partial charge in [-0.2, -0.15) is 0 Å². The predicted molar refractivity (Wildman–Crippen MR) is 75.2 cm³/mol. The molecule has 2 heterocycles. The van der Waals surface area contributed by atoms with Crippen LogP contribution in [0.1, 0.15) is 0 Å². The van der Waals surface area contributed by atoms with Crippen molar-refractivity contribution >= 4 is 42.5 Å². The lowest BCUT2D eigenvalue weighted by molar-refractivity contribution is 0.602. The van der Waals surface area contributed by atoms with Crippen LogP contribution in [0.15, 0.2) is 28.3 Å². The Morgan fingerprint density at radius 2 is 2.16 bits per heavy atom. The molecule has 0 spiro atoms. The molecule has 0 aromatic carbocycles. The SMILES string of the molecule is CSc1ncc2ccc(=O)n(CCS(=O)(=O)Cl)c2n1. The number of nitrogens with zero attached hydrogens (tertiary/aromatic N) is 3. The summed E-state index contributed by atoms with van der Waals surface area (Å²) in [5.41, 5.74) is 0.0886. The van der Waals surface area contributed by atoms with Gasteiger partial charge >= 0.3 is 0 Å². The van der Waals surface area contributed by atoms with Crippen molar-refractivity contribution in [3.05, 3.63) is 28.7 Å². The number of fused-ring (bicyclic) bond motifs is 1. The molecule has 0 radical (unpaired) electrons. The third-order valence-electron chi connectivity index (χ3n) is 2.44. The Kier molecular flexibility index (Phi) is 4.12. The Bertz CT molecular complexity index is 773. The maximum Gasteiger partial charge on any atom is 0.252 e. The largest absolute Gasteiger partial charge is 0.292 e. The Balaban J connectivity index is 2.56. The highest BCUT2D eigenvalue weighted by atomic mass is 35.7. The zero-order valence-electron chi connectivity index (χ0n) is 9.91. The maximum absolute atomic E-state index is 11.8. The highest BCUT2D eigenvalue weighted by Gasteiger charge is 2.10. The van der Waals surface area contributed by atoms with E-state index in [0.29, 0.717) is 16.2 Å². The van der Waals surface area contributed by atoms with Gasteiger partial charge in [-0.05, 0) is 12.3 Å². The molecule has 2 rings (SSSR count). The van der Waals surface area contributed by atoms with E-state index in [2.05, 4.69) is 9.97 Å². The molecule has 0 fully saturated rings. The molecular formula is C10H10ClN3O3S2. The van der Waals surface area contributed by atoms with Crippen LogP contribution < -0.4 is 5.56 Å². The monoisotopic (exact) mass is 319 g/mol. The molecule has 2 aromatic rings. The van der Waals surface area contributed by atoms with Crippen LogP contribution >= 0.6 is 22.4 Å². The van der Waals surface area contributed by atoms with Gasteiger partial charge in [-0.1, -0.05) is 11.8 Å². The molecular weight excluding hydrogens is 310 g/mol. The Morgan fingerprint density at radius 3 is 2.79 bits per heavy atom. The highest BCUT2D eigenvalue weighted by molar-refractivity contribution is 8.13. The van der Waals surface area contributed by atoms with Gasteiger partial charge in [0.1, 0.15) is 5.65 Å². The van der Waals surface area contributed by atoms with Crippen LogP contribution in [0.3, 0.4) is 0 Å². The molecule has 0 amide bonds. The molecule has 0 aliphatic rings. The summed E-state index contributed by atoms with van der Waals surface area (Å²) < 4.78 is 23.3. The normalized spacial score (nSPS) is 11.9. The number of aryl methyl sites for hydroxylation is 1. The molecule has 0 unspecified atom stereocenters. The van der Waals surface area contributed by atoms with Crippen molar-refractivity contribution in [3.63, 3.8) is 0 Å². The summed E-state index contributed by atoms with van der Waals surface area (Å²) in [5, 5.41) is 1.19. The lowest BCUT2D eigenvalue weighted by atomic mass is 10.3. The lowest BCUT2D eigenvalue weighted by Gasteiger charge is -2.08. The molecule has 19 heavy (non-hydrogen) atoms. The summed E-state index contributed by atoms with van der Waals surface area (Å²) >= 11 is 1.34. The molecule has 0 atom stereocenters. The lowest BCUT2D eigenvalue weighted by Crippen LogP contribution is -2.23. The summed E-state index contributed by atoms with van der Waals surface area (Å²) in [7, 11) is 1.51. The fraction of sp³-hybridized carbons (Fsp3) is 0.300. The number of hydrogen-bond acceptors (Lipinski definition) is 6. The van der Waals surface area contributed by atoms with Crippen LogP contribution in [-0.2, 0) is 15.6 Å². The van der Waals surface area contributed by atoms with Crippen LogP contribution in [0.5, 0.6) is 0 Å². The number of pyridine rings is 1. The minimum atomic E-state index is -3.66. The number of aromatic nitrogens is 3. The van der Waals surface area contributed by atoms with E-state index in [0.717, 1.165) is 0 Å². The quantitative estimate of drug-likeness (QED) is 0.476. The van der Waals surface area contributed by atoms with Gasteiger partial charge in [0.05, 0.1) is 5.75 Å². The van der Waals surface area contributed by atoms with Crippen LogP contribution in [0, 0.1) is 0 Å². The minimum absolute atomic E-state index is 0.0349. The summed E-state index contributed by atoms with van der Waals surface area (Å²) in [5.74, 6) is -0.327. The fourth-order valence-corrected chi connectivity index (χ4v) is 2.51. The first-order valence-corrected chi connectivity index (χ1v) is 8.94. The van der Waals surface area contributed by atoms with Crippen molar-refractivity contribution in [2.45, 2.75) is 11.7 Å². The van der Waals surface area contributed by atoms with E-state index in [4.69, 9.17) is 10.7 Å². The van der Waals surface area contributed by atoms with Gasteiger partial charge in [-0.15, -0.1) is 0 Å². The van der Waals surface area contributed by atoms with E-state index in [1.54, 1.807) is 12.3 Å². The molecule has 6 nitrogen and oxygen atoms in total. The zero-order valence-corrected chi connectivity index (χ0v) is 12.3. The van der Waals surface area contributed by atoms with Gasteiger partial charge < -0.3 is 0 Å². The van der Waals surface area contributed by atoms with Crippen LogP contribution in [0.25, 0.3) is 11.0 Å². The van der Waals surface area contributed by atoms with Crippen molar-refractivity contribution in [2.24, 2.45) is 0 Å². The van der Waals surface area contributed by atoms with E-state index in [-0.39, 0.29) is 17.9 Å². The molecule has 0 N–H and O–H groups in total. The summed E-state index contributed by atoms with van der Waals surface area (Å²) in [4.78, 5) is 20.1. The average molecular weight is 320 g/mol.